The number of ether oxygens (including phenoxy) is 1. The number of anilines is 1. The molecule has 27 heavy (non-hydrogen) atoms. The molecule has 0 aliphatic heterocycles. The molecule has 0 heterocycles. The van der Waals surface area contributed by atoms with Crippen molar-refractivity contribution in [3.05, 3.63) is 59.7 Å². The Morgan fingerprint density at radius 2 is 1.78 bits per heavy atom. The van der Waals surface area contributed by atoms with Gasteiger partial charge in [0.15, 0.2) is 0 Å². The zero-order valence-electron chi connectivity index (χ0n) is 15.7. The highest BCUT2D eigenvalue weighted by Gasteiger charge is 2.10. The van der Waals surface area contributed by atoms with Crippen molar-refractivity contribution in [2.45, 2.75) is 33.1 Å². The van der Waals surface area contributed by atoms with Crippen molar-refractivity contribution in [3.63, 3.8) is 0 Å². The van der Waals surface area contributed by atoms with Gasteiger partial charge in [0.1, 0.15) is 12.2 Å². The molecule has 2 aromatic rings. The van der Waals surface area contributed by atoms with Gasteiger partial charge in [0, 0.05) is 5.69 Å². The summed E-state index contributed by atoms with van der Waals surface area (Å²) in [5.74, 6) is -0.0521. The number of hydrogen-bond acceptors (Lipinski definition) is 4. The molecule has 2 amide bonds. The zero-order valence-corrected chi connectivity index (χ0v) is 15.7. The molecule has 0 bridgehead atoms. The molecule has 142 valence electrons. The largest absolute Gasteiger partial charge is 0.494 e. The molecule has 6 nitrogen and oxygen atoms in total. The number of benzene rings is 2. The van der Waals surface area contributed by atoms with Crippen molar-refractivity contribution in [2.24, 2.45) is 5.10 Å². The highest BCUT2D eigenvalue weighted by molar-refractivity contribution is 6.04. The number of aryl methyl sites for hydroxylation is 1. The van der Waals surface area contributed by atoms with Crippen LogP contribution in [0.25, 0.3) is 0 Å². The van der Waals surface area contributed by atoms with Gasteiger partial charge in [-0.15, -0.1) is 0 Å². The number of carbonyl (C=O) groups is 2. The summed E-state index contributed by atoms with van der Waals surface area (Å²) in [6.07, 6.45) is 2.98. The molecule has 0 saturated carbocycles. The standard InChI is InChI=1S/C21H25N3O3/c1-3-13-27-18-11-9-16(10-12-18)15-22-24-21(26)14-20(25)23-19-8-6-5-7-17(19)4-2/h5-12,15H,3-4,13-14H2,1-2H3,(H,23,25)(H,24,26). The van der Waals surface area contributed by atoms with E-state index in [4.69, 9.17) is 4.74 Å². The Labute approximate surface area is 159 Å². The number of para-hydroxylation sites is 1. The Bertz CT molecular complexity index is 786. The Hall–Kier alpha value is -3.15. The van der Waals surface area contributed by atoms with Crippen LogP contribution in [0.1, 0.15) is 37.8 Å². The fourth-order valence-electron chi connectivity index (χ4n) is 2.38. The average Bonchev–Trinajstić information content (AvgIpc) is 2.67. The quantitative estimate of drug-likeness (QED) is 0.404. The first kappa shape index (κ1) is 20.2. The summed E-state index contributed by atoms with van der Waals surface area (Å²) in [5, 5.41) is 6.64. The molecule has 0 radical (unpaired) electrons. The molecule has 6 heteroatoms. The van der Waals surface area contributed by atoms with E-state index in [0.29, 0.717) is 6.61 Å². The molecule has 2 aromatic carbocycles. The Balaban J connectivity index is 1.79. The van der Waals surface area contributed by atoms with E-state index in [9.17, 15) is 9.59 Å². The summed E-state index contributed by atoms with van der Waals surface area (Å²) in [4.78, 5) is 23.9. The topological polar surface area (TPSA) is 79.8 Å². The van der Waals surface area contributed by atoms with Gasteiger partial charge in [-0.1, -0.05) is 32.0 Å². The van der Waals surface area contributed by atoms with Crippen molar-refractivity contribution in [1.82, 2.24) is 5.43 Å². The maximum Gasteiger partial charge on any atom is 0.249 e. The van der Waals surface area contributed by atoms with E-state index in [0.717, 1.165) is 35.4 Å². The lowest BCUT2D eigenvalue weighted by Crippen LogP contribution is -2.25. The molecule has 0 spiro atoms. The molecule has 0 saturated heterocycles. The van der Waals surface area contributed by atoms with E-state index in [1.165, 1.54) is 6.21 Å². The van der Waals surface area contributed by atoms with E-state index < -0.39 is 5.91 Å². The van der Waals surface area contributed by atoms with Crippen LogP contribution >= 0.6 is 0 Å². The van der Waals surface area contributed by atoms with E-state index in [1.807, 2.05) is 62.4 Å². The van der Waals surface area contributed by atoms with Crippen LogP contribution in [-0.4, -0.2) is 24.6 Å². The molecular formula is C21H25N3O3. The lowest BCUT2D eigenvalue weighted by molar-refractivity contribution is -0.126. The second kappa shape index (κ2) is 10.8. The van der Waals surface area contributed by atoms with Crippen LogP contribution in [0.3, 0.4) is 0 Å². The average molecular weight is 367 g/mol. The van der Waals surface area contributed by atoms with Crippen LogP contribution in [-0.2, 0) is 16.0 Å². The number of rotatable bonds is 9. The molecule has 0 atom stereocenters. The third-order valence-corrected chi connectivity index (χ3v) is 3.75. The molecular weight excluding hydrogens is 342 g/mol. The molecule has 0 aromatic heterocycles. The van der Waals surface area contributed by atoms with Gasteiger partial charge in [-0.2, -0.15) is 5.10 Å². The van der Waals surface area contributed by atoms with Crippen LogP contribution in [0.2, 0.25) is 0 Å². The predicted octanol–water partition coefficient (Wildman–Crippen LogP) is 3.52. The van der Waals surface area contributed by atoms with Crippen LogP contribution in [0.4, 0.5) is 5.69 Å². The lowest BCUT2D eigenvalue weighted by atomic mass is 10.1. The molecule has 0 fully saturated rings. The van der Waals surface area contributed by atoms with Crippen LogP contribution in [0, 0.1) is 0 Å². The van der Waals surface area contributed by atoms with Gasteiger partial charge in [0.25, 0.3) is 0 Å². The normalized spacial score (nSPS) is 10.6. The van der Waals surface area contributed by atoms with Gasteiger partial charge in [0.05, 0.1) is 12.8 Å². The number of nitrogens with one attached hydrogen (secondary N) is 2. The summed E-state index contributed by atoms with van der Waals surface area (Å²) in [6.45, 7) is 4.73. The molecule has 0 aliphatic rings. The molecule has 0 aliphatic carbocycles. The van der Waals surface area contributed by atoms with Gasteiger partial charge < -0.3 is 10.1 Å². The zero-order chi connectivity index (χ0) is 19.5. The Morgan fingerprint density at radius 3 is 2.48 bits per heavy atom. The van der Waals surface area contributed by atoms with Crippen molar-refractivity contribution < 1.29 is 14.3 Å². The number of hydrogen-bond donors (Lipinski definition) is 2. The number of amides is 2. The molecule has 2 rings (SSSR count). The summed E-state index contributed by atoms with van der Waals surface area (Å²) >= 11 is 0. The van der Waals surface area contributed by atoms with Gasteiger partial charge >= 0.3 is 0 Å². The van der Waals surface area contributed by atoms with Crippen LogP contribution < -0.4 is 15.5 Å². The third kappa shape index (κ3) is 6.93. The summed E-state index contributed by atoms with van der Waals surface area (Å²) in [6, 6.07) is 14.9. The van der Waals surface area contributed by atoms with Crippen molar-refractivity contribution >= 4 is 23.7 Å². The maximum atomic E-state index is 12.0. The lowest BCUT2D eigenvalue weighted by Gasteiger charge is -2.09. The van der Waals surface area contributed by atoms with Gasteiger partial charge in [-0.3, -0.25) is 9.59 Å². The first-order valence-electron chi connectivity index (χ1n) is 9.05. The number of carbonyl (C=O) groups excluding carboxylic acids is 2. The highest BCUT2D eigenvalue weighted by Crippen LogP contribution is 2.15. The third-order valence-electron chi connectivity index (χ3n) is 3.75. The monoisotopic (exact) mass is 367 g/mol. The fourth-order valence-corrected chi connectivity index (χ4v) is 2.38. The van der Waals surface area contributed by atoms with Crippen molar-refractivity contribution in [3.8, 4) is 5.75 Å². The van der Waals surface area contributed by atoms with E-state index in [1.54, 1.807) is 0 Å². The molecule has 0 unspecified atom stereocenters. The first-order chi connectivity index (χ1) is 13.1. The van der Waals surface area contributed by atoms with E-state index >= 15 is 0 Å². The first-order valence-corrected chi connectivity index (χ1v) is 9.05. The highest BCUT2D eigenvalue weighted by atomic mass is 16.5. The number of nitrogens with zero attached hydrogens (tertiary/aromatic N) is 1. The summed E-state index contributed by atoms with van der Waals surface area (Å²) in [7, 11) is 0. The fraction of sp³-hybridized carbons (Fsp3) is 0.286. The molecule has 2 N–H and O–H groups in total. The number of hydrazone groups is 1. The van der Waals surface area contributed by atoms with Gasteiger partial charge in [0.2, 0.25) is 11.8 Å². The van der Waals surface area contributed by atoms with E-state index in [2.05, 4.69) is 15.8 Å². The second-order valence-electron chi connectivity index (χ2n) is 5.95. The minimum absolute atomic E-state index is 0.292. The maximum absolute atomic E-state index is 12.0. The Morgan fingerprint density at radius 1 is 1.04 bits per heavy atom. The minimum Gasteiger partial charge on any atom is -0.494 e. The van der Waals surface area contributed by atoms with Gasteiger partial charge in [-0.25, -0.2) is 5.43 Å². The summed E-state index contributed by atoms with van der Waals surface area (Å²) < 4.78 is 5.50. The van der Waals surface area contributed by atoms with E-state index in [-0.39, 0.29) is 12.3 Å². The predicted molar refractivity (Wildman–Crippen MR) is 107 cm³/mol. The van der Waals surface area contributed by atoms with Crippen molar-refractivity contribution in [1.29, 1.82) is 0 Å². The van der Waals surface area contributed by atoms with Crippen LogP contribution in [0.5, 0.6) is 5.75 Å². The second-order valence-corrected chi connectivity index (χ2v) is 5.95. The van der Waals surface area contributed by atoms with Gasteiger partial charge in [-0.05, 0) is 54.3 Å². The Kier molecular flexibility index (Phi) is 8.03. The van der Waals surface area contributed by atoms with Crippen molar-refractivity contribution in [2.75, 3.05) is 11.9 Å². The smallest absolute Gasteiger partial charge is 0.249 e. The SMILES string of the molecule is CCCOc1ccc(C=NNC(=O)CC(=O)Nc2ccccc2CC)cc1. The van der Waals surface area contributed by atoms with Crippen LogP contribution in [0.15, 0.2) is 53.6 Å². The minimum atomic E-state index is -0.472. The summed E-state index contributed by atoms with van der Waals surface area (Å²) in [5.41, 5.74) is 4.94.